The second-order valence-electron chi connectivity index (χ2n) is 2.56. The van der Waals surface area contributed by atoms with Gasteiger partial charge in [0.05, 0.1) is 17.2 Å². The van der Waals surface area contributed by atoms with Crippen LogP contribution in [0.15, 0.2) is 11.1 Å². The van der Waals surface area contributed by atoms with Crippen LogP contribution in [0.1, 0.15) is 17.6 Å². The van der Waals surface area contributed by atoms with Gasteiger partial charge >= 0.3 is 0 Å². The first-order valence-corrected chi connectivity index (χ1v) is 6.99. The summed E-state index contributed by atoms with van der Waals surface area (Å²) in [5.74, 6) is 0. The Bertz CT molecular complexity index is 570. The van der Waals surface area contributed by atoms with Crippen molar-refractivity contribution >= 4 is 42.3 Å². The molecule has 0 N–H and O–H groups in total. The zero-order valence-corrected chi connectivity index (χ0v) is 11.0. The maximum Gasteiger partial charge on any atom is 0.278 e. The third-order valence-corrected chi connectivity index (χ3v) is 3.58. The van der Waals surface area contributed by atoms with E-state index in [2.05, 4.69) is 4.98 Å². The predicted molar refractivity (Wildman–Crippen MR) is 59.7 cm³/mol. The number of rotatable bonds is 2. The number of halogens is 4. The fraction of sp³-hybridized carbons (Fsp3) is 0.143. The number of pyridine rings is 1. The van der Waals surface area contributed by atoms with E-state index in [0.29, 0.717) is 0 Å². The van der Waals surface area contributed by atoms with E-state index in [1.807, 2.05) is 0 Å². The van der Waals surface area contributed by atoms with Crippen molar-refractivity contribution in [2.75, 3.05) is 0 Å². The highest BCUT2D eigenvalue weighted by Crippen LogP contribution is 2.28. The van der Waals surface area contributed by atoms with Gasteiger partial charge in [-0.05, 0) is 28.7 Å². The maximum atomic E-state index is 12.5. The highest BCUT2D eigenvalue weighted by Gasteiger charge is 2.23. The molecule has 0 amide bonds. The molecule has 0 saturated heterocycles. The molecule has 1 rings (SSSR count). The fourth-order valence-electron chi connectivity index (χ4n) is 0.927. The van der Waals surface area contributed by atoms with E-state index in [-0.39, 0.29) is 3.70 Å². The Morgan fingerprint density at radius 3 is 2.50 bits per heavy atom. The number of nitrogens with zero attached hydrogens (tertiary/aromatic N) is 2. The third-order valence-electron chi connectivity index (χ3n) is 1.58. The number of aromatic nitrogens is 1. The molecule has 86 valence electrons. The molecule has 4 nitrogen and oxygen atoms in total. The average Bonchev–Trinajstić information content (AvgIpc) is 2.14. The van der Waals surface area contributed by atoms with Crippen molar-refractivity contribution in [3.8, 4) is 6.07 Å². The maximum absolute atomic E-state index is 12.5. The summed E-state index contributed by atoms with van der Waals surface area (Å²) >= 11 is 1.42. The summed E-state index contributed by atoms with van der Waals surface area (Å²) in [4.78, 5) is 3.41. The lowest BCUT2D eigenvalue weighted by atomic mass is 10.2. The van der Waals surface area contributed by atoms with Crippen molar-refractivity contribution in [3.05, 3.63) is 20.9 Å². The van der Waals surface area contributed by atoms with Gasteiger partial charge in [-0.1, -0.05) is 0 Å². The van der Waals surface area contributed by atoms with Crippen molar-refractivity contribution in [2.45, 2.75) is 11.5 Å². The van der Waals surface area contributed by atoms with E-state index in [9.17, 15) is 17.2 Å². The van der Waals surface area contributed by atoms with Gasteiger partial charge < -0.3 is 0 Å². The second kappa shape index (κ2) is 4.77. The Balaban J connectivity index is 3.59. The van der Waals surface area contributed by atoms with E-state index in [1.54, 1.807) is 0 Å². The predicted octanol–water partition coefficient (Wildman–Crippen LogP) is 2.42. The highest BCUT2D eigenvalue weighted by molar-refractivity contribution is 14.1. The van der Waals surface area contributed by atoms with Crippen LogP contribution in [-0.4, -0.2) is 13.4 Å². The summed E-state index contributed by atoms with van der Waals surface area (Å²) in [7, 11) is 0.861. The molecule has 0 aliphatic rings. The first-order chi connectivity index (χ1) is 7.27. The molecule has 0 radical (unpaired) electrons. The molecule has 0 atom stereocenters. The van der Waals surface area contributed by atoms with Gasteiger partial charge in [-0.15, -0.1) is 0 Å². The minimum atomic E-state index is -4.14. The van der Waals surface area contributed by atoms with Gasteiger partial charge in [0.2, 0.25) is 0 Å². The first-order valence-electron chi connectivity index (χ1n) is 3.60. The van der Waals surface area contributed by atoms with Crippen LogP contribution in [0, 0.1) is 15.0 Å². The van der Waals surface area contributed by atoms with Crippen LogP contribution in [-0.2, 0) is 9.05 Å². The van der Waals surface area contributed by atoms with Crippen molar-refractivity contribution in [2.24, 2.45) is 0 Å². The lowest BCUT2D eigenvalue weighted by Crippen LogP contribution is -2.04. The zero-order valence-electron chi connectivity index (χ0n) is 7.29. The van der Waals surface area contributed by atoms with Gasteiger partial charge in [0, 0.05) is 10.7 Å². The summed E-state index contributed by atoms with van der Waals surface area (Å²) in [5, 5.41) is 8.02. The second-order valence-corrected chi connectivity index (χ2v) is 6.10. The molecular weight excluding hydrogens is 377 g/mol. The van der Waals surface area contributed by atoms with Crippen molar-refractivity contribution < 1.29 is 17.2 Å². The monoisotopic (exact) mass is 378 g/mol. The van der Waals surface area contributed by atoms with Crippen LogP contribution in [0.4, 0.5) is 8.78 Å². The molecule has 0 aromatic carbocycles. The SMILES string of the molecule is N#Cc1cc(S(=O)(=O)Cl)nc(I)c1C(F)F. The van der Waals surface area contributed by atoms with E-state index >= 15 is 0 Å². The summed E-state index contributed by atoms with van der Waals surface area (Å²) in [6, 6.07) is 2.21. The molecule has 16 heavy (non-hydrogen) atoms. The molecule has 9 heteroatoms. The quantitative estimate of drug-likeness (QED) is 0.450. The largest absolute Gasteiger partial charge is 0.278 e. The van der Waals surface area contributed by atoms with Crippen LogP contribution < -0.4 is 0 Å². The third kappa shape index (κ3) is 2.78. The first kappa shape index (κ1) is 13.5. The summed E-state index contributed by atoms with van der Waals surface area (Å²) < 4.78 is 46.7. The molecule has 0 spiro atoms. The lowest BCUT2D eigenvalue weighted by molar-refractivity contribution is 0.149. The number of hydrogen-bond donors (Lipinski definition) is 0. The molecule has 0 saturated carbocycles. The van der Waals surface area contributed by atoms with Gasteiger partial charge in [-0.25, -0.2) is 22.2 Å². The van der Waals surface area contributed by atoms with Gasteiger partial charge in [0.1, 0.15) is 3.70 Å². The summed E-state index contributed by atoms with van der Waals surface area (Å²) in [5.41, 5.74) is -1.04. The Morgan fingerprint density at radius 1 is 1.56 bits per heavy atom. The van der Waals surface area contributed by atoms with E-state index in [1.165, 1.54) is 28.7 Å². The average molecular weight is 379 g/mol. The zero-order chi connectivity index (χ0) is 12.5. The standard InChI is InChI=1S/C7H2ClF2IN2O2S/c8-16(14,15)4-1-3(2-12)5(6(9)10)7(11)13-4/h1,6H. The van der Waals surface area contributed by atoms with Crippen LogP contribution in [0.2, 0.25) is 0 Å². The number of alkyl halides is 2. The normalized spacial score (nSPS) is 11.5. The van der Waals surface area contributed by atoms with E-state index < -0.39 is 31.6 Å². The number of hydrogen-bond acceptors (Lipinski definition) is 4. The molecule has 0 fully saturated rings. The van der Waals surface area contributed by atoms with Gasteiger partial charge in [-0.2, -0.15) is 5.26 Å². The van der Waals surface area contributed by atoms with Crippen molar-refractivity contribution in [1.82, 2.24) is 4.98 Å². The molecule has 1 heterocycles. The smallest absolute Gasteiger partial charge is 0.228 e. The minimum absolute atomic E-state index is 0.258. The topological polar surface area (TPSA) is 70.8 Å². The molecular formula is C7H2ClF2IN2O2S. The Labute approximate surface area is 108 Å². The van der Waals surface area contributed by atoms with Gasteiger partial charge in [0.25, 0.3) is 15.5 Å². The van der Waals surface area contributed by atoms with Crippen LogP contribution >= 0.6 is 33.3 Å². The molecule has 0 bridgehead atoms. The van der Waals surface area contributed by atoms with Crippen molar-refractivity contribution in [1.29, 1.82) is 5.26 Å². The molecule has 0 aliphatic carbocycles. The van der Waals surface area contributed by atoms with Crippen LogP contribution in [0.25, 0.3) is 0 Å². The molecule has 0 unspecified atom stereocenters. The molecule has 1 aromatic heterocycles. The van der Waals surface area contributed by atoms with Crippen LogP contribution in [0.3, 0.4) is 0 Å². The summed E-state index contributed by atoms with van der Waals surface area (Å²) in [6.45, 7) is 0. The van der Waals surface area contributed by atoms with E-state index in [0.717, 1.165) is 6.07 Å². The van der Waals surface area contributed by atoms with Gasteiger partial charge in [0.15, 0.2) is 5.03 Å². The van der Waals surface area contributed by atoms with Gasteiger partial charge in [-0.3, -0.25) is 0 Å². The number of nitriles is 1. The van der Waals surface area contributed by atoms with E-state index in [4.69, 9.17) is 15.9 Å². The van der Waals surface area contributed by atoms with Crippen molar-refractivity contribution in [3.63, 3.8) is 0 Å². The highest BCUT2D eigenvalue weighted by atomic mass is 127. The lowest BCUT2D eigenvalue weighted by Gasteiger charge is -2.06. The Morgan fingerprint density at radius 2 is 2.12 bits per heavy atom. The molecule has 0 aliphatic heterocycles. The Kier molecular flexibility index (Phi) is 4.03. The molecule has 1 aromatic rings. The fourth-order valence-corrected chi connectivity index (χ4v) is 2.57. The van der Waals surface area contributed by atoms with Crippen LogP contribution in [0.5, 0.6) is 0 Å². The Hall–Kier alpha value is -0.530. The minimum Gasteiger partial charge on any atom is -0.228 e. The summed E-state index contributed by atoms with van der Waals surface area (Å²) in [6.07, 6.45) is -2.90.